The summed E-state index contributed by atoms with van der Waals surface area (Å²) >= 11 is 0. The van der Waals surface area contributed by atoms with Gasteiger partial charge in [-0.15, -0.1) is 0 Å². The molecule has 0 unspecified atom stereocenters. The highest BCUT2D eigenvalue weighted by Crippen LogP contribution is 2.48. The largest absolute Gasteiger partial charge is 0.496 e. The van der Waals surface area contributed by atoms with Crippen LogP contribution in [-0.2, 0) is 9.05 Å². The third-order valence-electron chi connectivity index (χ3n) is 4.14. The van der Waals surface area contributed by atoms with Crippen molar-refractivity contribution in [2.24, 2.45) is 0 Å². The van der Waals surface area contributed by atoms with Crippen LogP contribution < -0.4 is 14.8 Å². The van der Waals surface area contributed by atoms with Crippen LogP contribution in [0.15, 0.2) is 24.3 Å². The molecule has 4 nitrogen and oxygen atoms in total. The Morgan fingerprint density at radius 2 is 1.27 bits per heavy atom. The summed E-state index contributed by atoms with van der Waals surface area (Å²) in [5.41, 5.74) is 5.77. The van der Waals surface area contributed by atoms with E-state index in [9.17, 15) is 0 Å². The van der Waals surface area contributed by atoms with Gasteiger partial charge in [0, 0.05) is 5.56 Å². The molecule has 0 fully saturated rings. The molecule has 0 spiro atoms. The van der Waals surface area contributed by atoms with Gasteiger partial charge >= 0.3 is 0 Å². The second-order valence-corrected chi connectivity index (χ2v) is 7.54. The number of aryl methyl sites for hydroxylation is 3. The standard InChI is InChI=1S/C21H29O4P/c1-8-24-26(25-9-2)21-18(23-7)11-10-17(22-6)20(21)19-15(4)12-14(3)13-16(19)5/h10-13H,8-9H2,1-7H3. The van der Waals surface area contributed by atoms with Crippen molar-refractivity contribution in [3.05, 3.63) is 41.0 Å². The van der Waals surface area contributed by atoms with Gasteiger partial charge in [-0.2, -0.15) is 0 Å². The van der Waals surface area contributed by atoms with Gasteiger partial charge in [0.25, 0.3) is 0 Å². The highest BCUT2D eigenvalue weighted by atomic mass is 31.2. The van der Waals surface area contributed by atoms with Crippen LogP contribution in [0.25, 0.3) is 11.1 Å². The minimum Gasteiger partial charge on any atom is -0.496 e. The molecule has 0 aliphatic rings. The van der Waals surface area contributed by atoms with Crippen LogP contribution in [0.1, 0.15) is 30.5 Å². The predicted octanol–water partition coefficient (Wildman–Crippen LogP) is 5.31. The van der Waals surface area contributed by atoms with Crippen LogP contribution >= 0.6 is 8.38 Å². The number of hydrogen-bond acceptors (Lipinski definition) is 4. The molecule has 2 aromatic rings. The maximum absolute atomic E-state index is 5.98. The molecule has 0 amide bonds. The lowest BCUT2D eigenvalue weighted by atomic mass is 9.93. The molecule has 142 valence electrons. The van der Waals surface area contributed by atoms with E-state index in [-0.39, 0.29) is 0 Å². The highest BCUT2D eigenvalue weighted by Gasteiger charge is 2.28. The minimum absolute atomic E-state index is 0.567. The molecule has 0 bridgehead atoms. The van der Waals surface area contributed by atoms with Gasteiger partial charge in [0.15, 0.2) is 0 Å². The predicted molar refractivity (Wildman–Crippen MR) is 109 cm³/mol. The van der Waals surface area contributed by atoms with E-state index in [1.54, 1.807) is 14.2 Å². The number of ether oxygens (including phenoxy) is 2. The van der Waals surface area contributed by atoms with Crippen molar-refractivity contribution in [1.29, 1.82) is 0 Å². The van der Waals surface area contributed by atoms with Crippen LogP contribution in [0.5, 0.6) is 11.5 Å². The highest BCUT2D eigenvalue weighted by molar-refractivity contribution is 7.56. The van der Waals surface area contributed by atoms with E-state index in [4.69, 9.17) is 18.5 Å². The Bertz CT molecular complexity index is 729. The fourth-order valence-corrected chi connectivity index (χ4v) is 4.84. The van der Waals surface area contributed by atoms with E-state index >= 15 is 0 Å². The Labute approximate surface area is 158 Å². The van der Waals surface area contributed by atoms with E-state index in [2.05, 4.69) is 32.9 Å². The lowest BCUT2D eigenvalue weighted by Gasteiger charge is -2.25. The van der Waals surface area contributed by atoms with Crippen molar-refractivity contribution in [2.45, 2.75) is 34.6 Å². The Morgan fingerprint density at radius 3 is 1.73 bits per heavy atom. The summed E-state index contributed by atoms with van der Waals surface area (Å²) < 4.78 is 23.4. The zero-order valence-corrected chi connectivity index (χ0v) is 17.7. The number of hydrogen-bond donors (Lipinski definition) is 0. The van der Waals surface area contributed by atoms with E-state index in [0.717, 1.165) is 27.9 Å². The second kappa shape index (κ2) is 9.36. The summed E-state index contributed by atoms with van der Waals surface area (Å²) in [7, 11) is 2.08. The lowest BCUT2D eigenvalue weighted by molar-refractivity contribution is 0.276. The molecule has 2 rings (SSSR count). The maximum atomic E-state index is 5.98. The fourth-order valence-electron chi connectivity index (χ4n) is 3.29. The molecule has 0 N–H and O–H groups in total. The summed E-state index contributed by atoms with van der Waals surface area (Å²) in [5.74, 6) is 1.55. The molecule has 0 aliphatic carbocycles. The number of rotatable bonds is 8. The number of benzene rings is 2. The molecule has 0 aliphatic heterocycles. The van der Waals surface area contributed by atoms with Crippen molar-refractivity contribution < 1.29 is 18.5 Å². The zero-order valence-electron chi connectivity index (χ0n) is 16.8. The van der Waals surface area contributed by atoms with Crippen LogP contribution in [-0.4, -0.2) is 27.4 Å². The molecule has 2 aromatic carbocycles. The Morgan fingerprint density at radius 1 is 0.769 bits per heavy atom. The lowest BCUT2D eigenvalue weighted by Crippen LogP contribution is -2.15. The first-order chi connectivity index (χ1) is 12.5. The third-order valence-corrected chi connectivity index (χ3v) is 5.94. The molecule has 0 saturated carbocycles. The van der Waals surface area contributed by atoms with E-state index < -0.39 is 8.38 Å². The molecule has 0 heterocycles. The second-order valence-electron chi connectivity index (χ2n) is 6.06. The average molecular weight is 376 g/mol. The van der Waals surface area contributed by atoms with Crippen molar-refractivity contribution in [3.8, 4) is 22.6 Å². The summed E-state index contributed by atoms with van der Waals surface area (Å²) in [5, 5.41) is 0.931. The van der Waals surface area contributed by atoms with Gasteiger partial charge in [-0.05, 0) is 63.4 Å². The van der Waals surface area contributed by atoms with Gasteiger partial charge in [0.1, 0.15) is 11.5 Å². The monoisotopic (exact) mass is 376 g/mol. The van der Waals surface area contributed by atoms with Crippen LogP contribution in [0.4, 0.5) is 0 Å². The maximum Gasteiger partial charge on any atom is 0.209 e. The van der Waals surface area contributed by atoms with Crippen molar-refractivity contribution in [3.63, 3.8) is 0 Å². The zero-order chi connectivity index (χ0) is 19.3. The molecular weight excluding hydrogens is 347 g/mol. The summed E-state index contributed by atoms with van der Waals surface area (Å²) in [6.07, 6.45) is 0. The molecule has 0 atom stereocenters. The average Bonchev–Trinajstić information content (AvgIpc) is 2.60. The first-order valence-corrected chi connectivity index (χ1v) is 10.0. The Balaban J connectivity index is 2.86. The van der Waals surface area contributed by atoms with Gasteiger partial charge < -0.3 is 18.5 Å². The van der Waals surface area contributed by atoms with Crippen LogP contribution in [0, 0.1) is 20.8 Å². The molecule has 0 radical (unpaired) electrons. The van der Waals surface area contributed by atoms with E-state index in [1.165, 1.54) is 16.7 Å². The van der Waals surface area contributed by atoms with E-state index in [1.807, 2.05) is 26.0 Å². The molecule has 5 heteroatoms. The van der Waals surface area contributed by atoms with Gasteiger partial charge in [-0.25, -0.2) is 0 Å². The SMILES string of the molecule is CCOP(OCC)c1c(OC)ccc(OC)c1-c1c(C)cc(C)cc1C. The first kappa shape index (κ1) is 20.7. The summed E-state index contributed by atoms with van der Waals surface area (Å²) in [6.45, 7) is 11.4. The Kier molecular flexibility index (Phi) is 7.45. The molecule has 26 heavy (non-hydrogen) atoms. The van der Waals surface area contributed by atoms with Crippen molar-refractivity contribution >= 4 is 13.7 Å². The van der Waals surface area contributed by atoms with Crippen molar-refractivity contribution in [2.75, 3.05) is 27.4 Å². The van der Waals surface area contributed by atoms with E-state index in [0.29, 0.717) is 13.2 Å². The third kappa shape index (κ3) is 4.20. The molecular formula is C21H29O4P. The molecule has 0 aromatic heterocycles. The smallest absolute Gasteiger partial charge is 0.209 e. The van der Waals surface area contributed by atoms with Gasteiger partial charge in [-0.1, -0.05) is 17.7 Å². The van der Waals surface area contributed by atoms with Crippen LogP contribution in [0.2, 0.25) is 0 Å². The quantitative estimate of drug-likeness (QED) is 0.586. The normalized spacial score (nSPS) is 11.1. The summed E-state index contributed by atoms with van der Waals surface area (Å²) in [6, 6.07) is 8.25. The van der Waals surface area contributed by atoms with Gasteiger partial charge in [0.2, 0.25) is 8.38 Å². The van der Waals surface area contributed by atoms with Gasteiger partial charge in [-0.3, -0.25) is 0 Å². The Hall–Kier alpha value is -1.61. The first-order valence-electron chi connectivity index (χ1n) is 8.87. The topological polar surface area (TPSA) is 36.9 Å². The van der Waals surface area contributed by atoms with Crippen molar-refractivity contribution in [1.82, 2.24) is 0 Å². The number of methoxy groups -OCH3 is 2. The summed E-state index contributed by atoms with van der Waals surface area (Å²) in [4.78, 5) is 0. The minimum atomic E-state index is -1.29. The fraction of sp³-hybridized carbons (Fsp3) is 0.429. The van der Waals surface area contributed by atoms with Crippen LogP contribution in [0.3, 0.4) is 0 Å². The molecule has 0 saturated heterocycles. The van der Waals surface area contributed by atoms with Gasteiger partial charge in [0.05, 0.1) is 32.7 Å².